The zero-order valence-electron chi connectivity index (χ0n) is 24.8. The minimum absolute atomic E-state index is 0.0752. The first-order valence-corrected chi connectivity index (χ1v) is 16.3. The summed E-state index contributed by atoms with van der Waals surface area (Å²) in [5.41, 5.74) is 5.69. The second-order valence-electron chi connectivity index (χ2n) is 11.1. The standard InChI is InChI=1S/C34H65NO/c1-3-5-7-9-11-13-15-17-18-19-20-22-24-26-28-30-32-33(34(35)36)31-29-27-25-23-21-16-14-12-10-8-6-4-2/h14,16-18,33H,3-13,15,19-32H2,1-2H3,(H2,35,36)/b16-14-,18-17-. The van der Waals surface area contributed by atoms with Crippen LogP contribution in [0.1, 0.15) is 181 Å². The van der Waals surface area contributed by atoms with Crippen molar-refractivity contribution in [3.63, 3.8) is 0 Å². The van der Waals surface area contributed by atoms with Crippen molar-refractivity contribution >= 4 is 5.91 Å². The van der Waals surface area contributed by atoms with Gasteiger partial charge in [0.05, 0.1) is 0 Å². The number of amides is 1. The van der Waals surface area contributed by atoms with Gasteiger partial charge in [-0.15, -0.1) is 0 Å². The second kappa shape index (κ2) is 30.2. The molecular formula is C34H65NO. The third-order valence-corrected chi connectivity index (χ3v) is 7.53. The topological polar surface area (TPSA) is 43.1 Å². The summed E-state index contributed by atoms with van der Waals surface area (Å²) >= 11 is 0. The van der Waals surface area contributed by atoms with Gasteiger partial charge in [-0.2, -0.15) is 0 Å². The van der Waals surface area contributed by atoms with Gasteiger partial charge < -0.3 is 5.73 Å². The van der Waals surface area contributed by atoms with Crippen LogP contribution in [0.2, 0.25) is 0 Å². The molecule has 0 aliphatic heterocycles. The fraction of sp³-hybridized carbons (Fsp3) is 0.853. The lowest BCUT2D eigenvalue weighted by molar-refractivity contribution is -0.122. The molecule has 2 N–H and O–H groups in total. The first-order valence-electron chi connectivity index (χ1n) is 16.3. The quantitative estimate of drug-likeness (QED) is 0.0800. The smallest absolute Gasteiger partial charge is 0.220 e. The highest BCUT2D eigenvalue weighted by molar-refractivity contribution is 5.76. The van der Waals surface area contributed by atoms with Crippen molar-refractivity contribution in [1.82, 2.24) is 0 Å². The number of unbranched alkanes of at least 4 members (excludes halogenated alkanes) is 20. The number of nitrogens with two attached hydrogens (primary N) is 1. The molecule has 0 spiro atoms. The van der Waals surface area contributed by atoms with Crippen LogP contribution in [0, 0.1) is 5.92 Å². The van der Waals surface area contributed by atoms with Gasteiger partial charge in [-0.25, -0.2) is 0 Å². The number of rotatable bonds is 29. The van der Waals surface area contributed by atoms with Crippen molar-refractivity contribution in [2.75, 3.05) is 0 Å². The molecule has 0 radical (unpaired) electrons. The average Bonchev–Trinajstić information content (AvgIpc) is 2.87. The van der Waals surface area contributed by atoms with Crippen molar-refractivity contribution in [2.24, 2.45) is 11.7 Å². The molecule has 0 saturated heterocycles. The first-order chi connectivity index (χ1) is 17.7. The van der Waals surface area contributed by atoms with E-state index < -0.39 is 0 Å². The monoisotopic (exact) mass is 504 g/mol. The lowest BCUT2D eigenvalue weighted by atomic mass is 9.93. The largest absolute Gasteiger partial charge is 0.369 e. The maximum Gasteiger partial charge on any atom is 0.220 e. The molecule has 0 bridgehead atoms. The van der Waals surface area contributed by atoms with Crippen molar-refractivity contribution in [3.05, 3.63) is 24.3 Å². The Labute approximate surface area is 227 Å². The summed E-state index contributed by atoms with van der Waals surface area (Å²) in [6, 6.07) is 0. The lowest BCUT2D eigenvalue weighted by Crippen LogP contribution is -2.23. The number of carbonyl (C=O) groups is 1. The molecule has 0 rings (SSSR count). The number of primary amides is 1. The Morgan fingerprint density at radius 3 is 1.08 bits per heavy atom. The Balaban J connectivity index is 3.49. The Kier molecular flexibility index (Phi) is 29.3. The highest BCUT2D eigenvalue weighted by atomic mass is 16.1. The maximum atomic E-state index is 11.8. The highest BCUT2D eigenvalue weighted by Gasteiger charge is 2.14. The molecule has 0 aromatic rings. The lowest BCUT2D eigenvalue weighted by Gasteiger charge is -2.13. The Hall–Kier alpha value is -1.05. The van der Waals surface area contributed by atoms with E-state index >= 15 is 0 Å². The normalized spacial score (nSPS) is 12.7. The van der Waals surface area contributed by atoms with Crippen LogP contribution in [0.25, 0.3) is 0 Å². The van der Waals surface area contributed by atoms with Crippen LogP contribution in [0.3, 0.4) is 0 Å². The van der Waals surface area contributed by atoms with Gasteiger partial charge in [-0.05, 0) is 64.2 Å². The van der Waals surface area contributed by atoms with Gasteiger partial charge in [0.15, 0.2) is 0 Å². The van der Waals surface area contributed by atoms with Gasteiger partial charge in [0.25, 0.3) is 0 Å². The minimum Gasteiger partial charge on any atom is -0.369 e. The number of hydrogen-bond acceptors (Lipinski definition) is 1. The van der Waals surface area contributed by atoms with Gasteiger partial charge in [0.2, 0.25) is 5.91 Å². The van der Waals surface area contributed by atoms with Gasteiger partial charge in [-0.3, -0.25) is 4.79 Å². The van der Waals surface area contributed by atoms with Crippen LogP contribution in [-0.4, -0.2) is 5.91 Å². The summed E-state index contributed by atoms with van der Waals surface area (Å²) < 4.78 is 0. The zero-order valence-corrected chi connectivity index (χ0v) is 24.8. The predicted octanol–water partition coefficient (Wildman–Crippen LogP) is 11.4. The summed E-state index contributed by atoms with van der Waals surface area (Å²) in [5.74, 6) is 0.0264. The van der Waals surface area contributed by atoms with Crippen molar-refractivity contribution < 1.29 is 4.79 Å². The number of carbonyl (C=O) groups excluding carboxylic acids is 1. The summed E-state index contributed by atoms with van der Waals surface area (Å²) in [4.78, 5) is 11.8. The highest BCUT2D eigenvalue weighted by Crippen LogP contribution is 2.19. The maximum absolute atomic E-state index is 11.8. The molecule has 1 unspecified atom stereocenters. The molecular weight excluding hydrogens is 438 g/mol. The molecule has 0 aliphatic carbocycles. The molecule has 1 atom stereocenters. The molecule has 0 saturated carbocycles. The van der Waals surface area contributed by atoms with Crippen molar-refractivity contribution in [2.45, 2.75) is 181 Å². The fourth-order valence-electron chi connectivity index (χ4n) is 5.00. The van der Waals surface area contributed by atoms with E-state index in [1.54, 1.807) is 0 Å². The van der Waals surface area contributed by atoms with E-state index in [0.717, 1.165) is 25.7 Å². The van der Waals surface area contributed by atoms with Crippen LogP contribution in [0.15, 0.2) is 24.3 Å². The summed E-state index contributed by atoms with van der Waals surface area (Å²) in [5, 5.41) is 0. The number of hydrogen-bond donors (Lipinski definition) is 1. The van der Waals surface area contributed by atoms with E-state index in [1.165, 1.54) is 141 Å². The van der Waals surface area contributed by atoms with Gasteiger partial charge in [0, 0.05) is 5.92 Å². The minimum atomic E-state index is -0.0752. The molecule has 2 heteroatoms. The van der Waals surface area contributed by atoms with E-state index in [1.807, 2.05) is 0 Å². The van der Waals surface area contributed by atoms with Crippen LogP contribution >= 0.6 is 0 Å². The molecule has 212 valence electrons. The average molecular weight is 504 g/mol. The van der Waals surface area contributed by atoms with Crippen LogP contribution in [-0.2, 0) is 4.79 Å². The SMILES string of the molecule is CCCCCC/C=C\CCCCCCC(CCCCCCCC/C=C\CCCCCCCC)C(N)=O. The van der Waals surface area contributed by atoms with E-state index in [2.05, 4.69) is 38.2 Å². The molecule has 1 amide bonds. The Bertz CT molecular complexity index is 495. The summed E-state index contributed by atoms with van der Waals surface area (Å²) in [6.07, 6.45) is 42.9. The third kappa shape index (κ3) is 27.5. The molecule has 0 aromatic carbocycles. The zero-order chi connectivity index (χ0) is 26.4. The molecule has 0 aromatic heterocycles. The van der Waals surface area contributed by atoms with Crippen LogP contribution in [0.5, 0.6) is 0 Å². The van der Waals surface area contributed by atoms with E-state index in [0.29, 0.717) is 0 Å². The van der Waals surface area contributed by atoms with Gasteiger partial charge >= 0.3 is 0 Å². The van der Waals surface area contributed by atoms with Crippen molar-refractivity contribution in [1.29, 1.82) is 0 Å². The second-order valence-corrected chi connectivity index (χ2v) is 11.1. The van der Waals surface area contributed by atoms with Gasteiger partial charge in [-0.1, -0.05) is 141 Å². The first kappa shape index (κ1) is 35.0. The van der Waals surface area contributed by atoms with E-state index in [9.17, 15) is 4.79 Å². The number of allylic oxidation sites excluding steroid dienone is 4. The third-order valence-electron chi connectivity index (χ3n) is 7.53. The molecule has 2 nitrogen and oxygen atoms in total. The predicted molar refractivity (Wildman–Crippen MR) is 162 cm³/mol. The van der Waals surface area contributed by atoms with Crippen LogP contribution in [0.4, 0.5) is 0 Å². The molecule has 0 aliphatic rings. The Morgan fingerprint density at radius 1 is 0.472 bits per heavy atom. The molecule has 0 heterocycles. The van der Waals surface area contributed by atoms with Crippen molar-refractivity contribution in [3.8, 4) is 0 Å². The summed E-state index contributed by atoms with van der Waals surface area (Å²) in [7, 11) is 0. The Morgan fingerprint density at radius 2 is 0.750 bits per heavy atom. The molecule has 0 fully saturated rings. The van der Waals surface area contributed by atoms with Gasteiger partial charge in [0.1, 0.15) is 0 Å². The van der Waals surface area contributed by atoms with E-state index in [4.69, 9.17) is 5.73 Å². The molecule has 36 heavy (non-hydrogen) atoms. The summed E-state index contributed by atoms with van der Waals surface area (Å²) in [6.45, 7) is 4.55. The van der Waals surface area contributed by atoms with E-state index in [-0.39, 0.29) is 11.8 Å². The van der Waals surface area contributed by atoms with Crippen LogP contribution < -0.4 is 5.73 Å². The fourth-order valence-corrected chi connectivity index (χ4v) is 5.00.